The Labute approximate surface area is 304 Å². The van der Waals surface area contributed by atoms with Crippen LogP contribution in [-0.4, -0.2) is 68.7 Å². The first-order valence-corrected chi connectivity index (χ1v) is 19.8. The van der Waals surface area contributed by atoms with E-state index in [4.69, 9.17) is 9.98 Å². The maximum absolute atomic E-state index is 11.6. The zero-order chi connectivity index (χ0) is 36.4. The Morgan fingerprint density at radius 2 is 0.900 bits per heavy atom. The molecule has 3 fully saturated rings. The third-order valence-corrected chi connectivity index (χ3v) is 12.1. The Balaban J connectivity index is 1.42. The highest BCUT2D eigenvalue weighted by atomic mass is 16.3. The van der Waals surface area contributed by atoms with E-state index in [1.165, 1.54) is 49.7 Å². The SMILES string of the molecule is C[C@@H]1CCC[C@H](C)N1Cc1cc(C(C)(C)C)cc(C=N[C@@H]2CCCC[C@H]2N=Cc2cc(C(C)(C)C)cc(CN3[C@H](C)CCC[C@@H]3C)c2O)c1O. The summed E-state index contributed by atoms with van der Waals surface area (Å²) < 4.78 is 0. The van der Waals surface area contributed by atoms with Crippen LogP contribution >= 0.6 is 0 Å². The van der Waals surface area contributed by atoms with Gasteiger partial charge in [0.2, 0.25) is 0 Å². The number of phenols is 2. The van der Waals surface area contributed by atoms with Crippen molar-refractivity contribution in [3.05, 3.63) is 57.6 Å². The molecule has 6 heteroatoms. The minimum absolute atomic E-state index is 0.0331. The van der Waals surface area contributed by atoms with Crippen molar-refractivity contribution in [3.8, 4) is 11.5 Å². The van der Waals surface area contributed by atoms with Crippen molar-refractivity contribution in [1.29, 1.82) is 0 Å². The maximum atomic E-state index is 11.6. The van der Waals surface area contributed by atoms with Crippen LogP contribution in [0.3, 0.4) is 0 Å². The molecule has 1 saturated carbocycles. The summed E-state index contributed by atoms with van der Waals surface area (Å²) in [5.41, 5.74) is 5.95. The first-order chi connectivity index (χ1) is 23.5. The lowest BCUT2D eigenvalue weighted by atomic mass is 9.84. The maximum Gasteiger partial charge on any atom is 0.128 e. The van der Waals surface area contributed by atoms with Crippen LogP contribution in [0, 0.1) is 0 Å². The monoisotopic (exact) mass is 685 g/mol. The molecule has 2 aromatic rings. The van der Waals surface area contributed by atoms with E-state index in [1.807, 2.05) is 12.4 Å². The van der Waals surface area contributed by atoms with Crippen LogP contribution in [-0.2, 0) is 23.9 Å². The summed E-state index contributed by atoms with van der Waals surface area (Å²) in [5.74, 6) is 0.716. The molecular weight excluding hydrogens is 617 g/mol. The van der Waals surface area contributed by atoms with Gasteiger partial charge in [-0.25, -0.2) is 0 Å². The van der Waals surface area contributed by atoms with Gasteiger partial charge in [-0.3, -0.25) is 19.8 Å². The fourth-order valence-electron chi connectivity index (χ4n) is 8.50. The molecule has 276 valence electrons. The minimum atomic E-state index is -0.0473. The second-order valence-corrected chi connectivity index (χ2v) is 18.2. The quantitative estimate of drug-likeness (QED) is 0.272. The fourth-order valence-corrected chi connectivity index (χ4v) is 8.50. The lowest BCUT2D eigenvalue weighted by molar-refractivity contribution is 0.0942. The van der Waals surface area contributed by atoms with Gasteiger partial charge in [-0.2, -0.15) is 0 Å². The molecule has 0 radical (unpaired) electrons. The number of likely N-dealkylation sites (tertiary alicyclic amines) is 2. The molecule has 2 aromatic carbocycles. The Morgan fingerprint density at radius 1 is 0.560 bits per heavy atom. The molecule has 6 nitrogen and oxygen atoms in total. The van der Waals surface area contributed by atoms with Crippen molar-refractivity contribution in [1.82, 2.24) is 9.80 Å². The molecule has 3 aliphatic rings. The fraction of sp³-hybridized carbons (Fsp3) is 0.682. The van der Waals surface area contributed by atoms with E-state index in [2.05, 4.69) is 103 Å². The zero-order valence-electron chi connectivity index (χ0n) is 33.1. The van der Waals surface area contributed by atoms with Gasteiger partial charge < -0.3 is 10.2 Å². The van der Waals surface area contributed by atoms with Crippen molar-refractivity contribution in [2.24, 2.45) is 9.98 Å². The highest BCUT2D eigenvalue weighted by Gasteiger charge is 2.29. The Morgan fingerprint density at radius 3 is 1.22 bits per heavy atom. The summed E-state index contributed by atoms with van der Waals surface area (Å²) in [7, 11) is 0. The molecule has 0 amide bonds. The van der Waals surface area contributed by atoms with Crippen molar-refractivity contribution >= 4 is 12.4 Å². The molecule has 0 aromatic heterocycles. The van der Waals surface area contributed by atoms with Gasteiger partial charge in [-0.1, -0.05) is 79.4 Å². The molecular formula is C44H68N4O2. The van der Waals surface area contributed by atoms with E-state index in [0.29, 0.717) is 35.7 Å². The number of aromatic hydroxyl groups is 2. The van der Waals surface area contributed by atoms with Crippen LogP contribution in [0.1, 0.15) is 167 Å². The van der Waals surface area contributed by atoms with Crippen LogP contribution < -0.4 is 0 Å². The van der Waals surface area contributed by atoms with Gasteiger partial charge in [-0.05, 0) is 100 Å². The number of hydrogen-bond acceptors (Lipinski definition) is 6. The molecule has 1 aliphatic carbocycles. The van der Waals surface area contributed by atoms with Gasteiger partial charge in [0.1, 0.15) is 11.5 Å². The summed E-state index contributed by atoms with van der Waals surface area (Å²) >= 11 is 0. The van der Waals surface area contributed by atoms with Gasteiger partial charge in [0.15, 0.2) is 0 Å². The zero-order valence-corrected chi connectivity index (χ0v) is 33.1. The number of rotatable bonds is 8. The summed E-state index contributed by atoms with van der Waals surface area (Å²) in [6.45, 7) is 24.2. The molecule has 2 heterocycles. The van der Waals surface area contributed by atoms with Gasteiger partial charge in [0, 0.05) is 71.9 Å². The summed E-state index contributed by atoms with van der Waals surface area (Å²) in [6, 6.07) is 10.8. The largest absolute Gasteiger partial charge is 0.507 e. The normalized spacial score (nSPS) is 27.8. The van der Waals surface area contributed by atoms with E-state index in [0.717, 1.165) is 61.0 Å². The number of nitrogens with zero attached hydrogens (tertiary/aromatic N) is 4. The average molecular weight is 685 g/mol. The van der Waals surface area contributed by atoms with Crippen molar-refractivity contribution in [2.75, 3.05) is 0 Å². The van der Waals surface area contributed by atoms with Crippen LogP contribution in [0.25, 0.3) is 0 Å². The van der Waals surface area contributed by atoms with E-state index in [9.17, 15) is 10.2 Å². The molecule has 0 bridgehead atoms. The summed E-state index contributed by atoms with van der Waals surface area (Å²) in [4.78, 5) is 15.4. The second kappa shape index (κ2) is 15.9. The molecule has 50 heavy (non-hydrogen) atoms. The highest BCUT2D eigenvalue weighted by Crippen LogP contribution is 2.36. The molecule has 0 spiro atoms. The standard InChI is InChI=1S/C44H68N4O2/c1-29-15-13-16-30(2)47(29)27-35-23-37(43(5,6)7)21-33(41(35)49)25-45-39-19-11-12-20-40(39)46-26-34-22-38(44(8,9)10)24-36(42(34)50)28-48-31(3)17-14-18-32(48)4/h21-26,29-32,39-40,49-50H,11-20,27-28H2,1-10H3/t29-,30+,31-,32+,39-,40-/m1/s1. The third kappa shape index (κ3) is 9.20. The van der Waals surface area contributed by atoms with E-state index >= 15 is 0 Å². The summed E-state index contributed by atoms with van der Waals surface area (Å²) in [6.07, 6.45) is 15.4. The molecule has 6 atom stereocenters. The second-order valence-electron chi connectivity index (χ2n) is 18.2. The molecule has 2 aliphatic heterocycles. The summed E-state index contributed by atoms with van der Waals surface area (Å²) in [5, 5.41) is 23.3. The van der Waals surface area contributed by atoms with E-state index in [1.54, 1.807) is 0 Å². The number of aliphatic imine (C=N–C) groups is 2. The van der Waals surface area contributed by atoms with Gasteiger partial charge in [-0.15, -0.1) is 0 Å². The van der Waals surface area contributed by atoms with Crippen molar-refractivity contribution in [3.63, 3.8) is 0 Å². The first kappa shape index (κ1) is 38.5. The Bertz CT molecular complexity index is 1380. The smallest absolute Gasteiger partial charge is 0.128 e. The van der Waals surface area contributed by atoms with Crippen molar-refractivity contribution < 1.29 is 10.2 Å². The molecule has 5 rings (SSSR count). The Hall–Kier alpha value is -2.70. The van der Waals surface area contributed by atoms with Crippen molar-refractivity contribution in [2.45, 2.75) is 194 Å². The third-order valence-electron chi connectivity index (χ3n) is 12.1. The molecule has 2 N–H and O–H groups in total. The van der Waals surface area contributed by atoms with Gasteiger partial charge in [0.25, 0.3) is 0 Å². The molecule has 0 unspecified atom stereocenters. The van der Waals surface area contributed by atoms with E-state index < -0.39 is 0 Å². The highest BCUT2D eigenvalue weighted by molar-refractivity contribution is 5.86. The van der Waals surface area contributed by atoms with Crippen LogP contribution in [0.5, 0.6) is 11.5 Å². The van der Waals surface area contributed by atoms with Gasteiger partial charge >= 0.3 is 0 Å². The number of benzene rings is 2. The minimum Gasteiger partial charge on any atom is -0.507 e. The predicted octanol–water partition coefficient (Wildman–Crippen LogP) is 10.1. The average Bonchev–Trinajstić information content (AvgIpc) is 3.04. The number of piperidine rings is 2. The van der Waals surface area contributed by atoms with Crippen LogP contribution in [0.2, 0.25) is 0 Å². The topological polar surface area (TPSA) is 71.7 Å². The van der Waals surface area contributed by atoms with E-state index in [-0.39, 0.29) is 22.9 Å². The lowest BCUT2D eigenvalue weighted by Crippen LogP contribution is -2.43. The number of phenolic OH excluding ortho intramolecular Hbond substituents is 2. The lowest BCUT2D eigenvalue weighted by Gasteiger charge is -2.39. The first-order valence-electron chi connectivity index (χ1n) is 19.8. The van der Waals surface area contributed by atoms with Crippen LogP contribution in [0.15, 0.2) is 34.3 Å². The molecule has 2 saturated heterocycles. The van der Waals surface area contributed by atoms with Gasteiger partial charge in [0.05, 0.1) is 12.1 Å². The number of hydrogen-bond donors (Lipinski definition) is 2. The predicted molar refractivity (Wildman–Crippen MR) is 211 cm³/mol. The van der Waals surface area contributed by atoms with Crippen LogP contribution in [0.4, 0.5) is 0 Å². The Kier molecular flexibility index (Phi) is 12.3.